The van der Waals surface area contributed by atoms with Crippen LogP contribution in [0.4, 0.5) is 5.69 Å². The Morgan fingerprint density at radius 3 is 2.37 bits per heavy atom. The molecule has 1 N–H and O–H groups in total. The third kappa shape index (κ3) is 5.59. The van der Waals surface area contributed by atoms with E-state index in [0.717, 1.165) is 43.2 Å². The van der Waals surface area contributed by atoms with Crippen LogP contribution in [-0.4, -0.2) is 44.2 Å². The van der Waals surface area contributed by atoms with E-state index in [9.17, 15) is 4.79 Å². The number of hydrogen-bond donors (Lipinski definition) is 1. The second-order valence-electron chi connectivity index (χ2n) is 6.56. The first-order valence-electron chi connectivity index (χ1n) is 9.20. The number of nitrogens with zero attached hydrogens (tertiary/aromatic N) is 1. The van der Waals surface area contributed by atoms with Crippen LogP contribution in [-0.2, 0) is 4.79 Å². The van der Waals surface area contributed by atoms with Crippen molar-refractivity contribution in [1.82, 2.24) is 4.90 Å². The van der Waals surface area contributed by atoms with Gasteiger partial charge in [0.1, 0.15) is 18.1 Å². The minimum absolute atomic E-state index is 0.0733. The minimum atomic E-state index is -0.0733. The summed E-state index contributed by atoms with van der Waals surface area (Å²) in [6.45, 7) is 5.00. The maximum absolute atomic E-state index is 11.0. The zero-order valence-corrected chi connectivity index (χ0v) is 15.9. The Hall–Kier alpha value is -2.79. The van der Waals surface area contributed by atoms with Gasteiger partial charge in [-0.25, -0.2) is 0 Å². The predicted octanol–water partition coefficient (Wildman–Crippen LogP) is 3.82. The van der Waals surface area contributed by atoms with Gasteiger partial charge < -0.3 is 14.8 Å². The lowest BCUT2D eigenvalue weighted by atomic mass is 9.99. The molecule has 0 saturated carbocycles. The highest BCUT2D eigenvalue weighted by Gasteiger charge is 2.13. The van der Waals surface area contributed by atoms with E-state index in [1.54, 1.807) is 7.11 Å². The lowest BCUT2D eigenvalue weighted by molar-refractivity contribution is -0.114. The summed E-state index contributed by atoms with van der Waals surface area (Å²) in [6.07, 6.45) is 3.34. The van der Waals surface area contributed by atoms with Crippen molar-refractivity contribution in [3.63, 3.8) is 0 Å². The molecule has 0 spiro atoms. The second kappa shape index (κ2) is 9.24. The SMILES string of the molecule is COc1ccc(C2=CCN(CCOc3ccc(NC(C)=O)cc3)CC2)cc1. The highest BCUT2D eigenvalue weighted by molar-refractivity contribution is 5.88. The van der Waals surface area contributed by atoms with Crippen LogP contribution in [0.3, 0.4) is 0 Å². The highest BCUT2D eigenvalue weighted by atomic mass is 16.5. The van der Waals surface area contributed by atoms with E-state index >= 15 is 0 Å². The van der Waals surface area contributed by atoms with Crippen LogP contribution in [0.2, 0.25) is 0 Å². The molecule has 1 heterocycles. The average Bonchev–Trinajstić information content (AvgIpc) is 2.69. The Bertz CT molecular complexity index is 782. The number of carbonyl (C=O) groups excluding carboxylic acids is 1. The molecule has 0 bridgehead atoms. The van der Waals surface area contributed by atoms with Gasteiger partial charge in [0.05, 0.1) is 7.11 Å². The van der Waals surface area contributed by atoms with Gasteiger partial charge in [0, 0.05) is 32.2 Å². The van der Waals surface area contributed by atoms with Gasteiger partial charge in [0.15, 0.2) is 0 Å². The van der Waals surface area contributed by atoms with E-state index in [1.165, 1.54) is 18.1 Å². The molecule has 3 rings (SSSR count). The summed E-state index contributed by atoms with van der Waals surface area (Å²) in [6, 6.07) is 15.7. The second-order valence-corrected chi connectivity index (χ2v) is 6.56. The summed E-state index contributed by atoms with van der Waals surface area (Å²) < 4.78 is 11.0. The molecule has 1 aliphatic heterocycles. The van der Waals surface area contributed by atoms with Crippen LogP contribution in [0.15, 0.2) is 54.6 Å². The fourth-order valence-corrected chi connectivity index (χ4v) is 3.11. The van der Waals surface area contributed by atoms with Crippen LogP contribution in [0, 0.1) is 0 Å². The van der Waals surface area contributed by atoms with Gasteiger partial charge in [-0.1, -0.05) is 18.2 Å². The number of anilines is 1. The van der Waals surface area contributed by atoms with Crippen LogP contribution in [0.1, 0.15) is 18.9 Å². The van der Waals surface area contributed by atoms with Gasteiger partial charge in [0.25, 0.3) is 0 Å². The van der Waals surface area contributed by atoms with Crippen LogP contribution in [0.25, 0.3) is 5.57 Å². The van der Waals surface area contributed by atoms with Crippen molar-refractivity contribution in [2.45, 2.75) is 13.3 Å². The maximum atomic E-state index is 11.0. The molecule has 1 aliphatic rings. The molecule has 27 heavy (non-hydrogen) atoms. The summed E-state index contributed by atoms with van der Waals surface area (Å²) in [5, 5.41) is 2.75. The van der Waals surface area contributed by atoms with E-state index in [2.05, 4.69) is 28.4 Å². The Labute approximate surface area is 160 Å². The first-order chi connectivity index (χ1) is 13.1. The first-order valence-corrected chi connectivity index (χ1v) is 9.20. The Morgan fingerprint density at radius 1 is 1.07 bits per heavy atom. The molecule has 0 aliphatic carbocycles. The largest absolute Gasteiger partial charge is 0.497 e. The third-order valence-electron chi connectivity index (χ3n) is 4.60. The van der Waals surface area contributed by atoms with E-state index in [1.807, 2.05) is 36.4 Å². The smallest absolute Gasteiger partial charge is 0.221 e. The van der Waals surface area contributed by atoms with Gasteiger partial charge in [-0.3, -0.25) is 9.69 Å². The number of benzene rings is 2. The number of amides is 1. The lowest BCUT2D eigenvalue weighted by Crippen LogP contribution is -2.32. The number of rotatable bonds is 7. The Balaban J connectivity index is 1.43. The number of ether oxygens (including phenoxy) is 2. The quantitative estimate of drug-likeness (QED) is 0.809. The molecular formula is C22H26N2O3. The molecule has 0 radical (unpaired) electrons. The minimum Gasteiger partial charge on any atom is -0.497 e. The number of hydrogen-bond acceptors (Lipinski definition) is 4. The molecule has 1 amide bonds. The van der Waals surface area contributed by atoms with E-state index in [4.69, 9.17) is 9.47 Å². The molecule has 0 aromatic heterocycles. The van der Waals surface area contributed by atoms with Crippen LogP contribution < -0.4 is 14.8 Å². The van der Waals surface area contributed by atoms with Crippen molar-refractivity contribution < 1.29 is 14.3 Å². The Kier molecular flexibility index (Phi) is 6.49. The van der Waals surface area contributed by atoms with Crippen molar-refractivity contribution in [3.05, 3.63) is 60.2 Å². The van der Waals surface area contributed by atoms with E-state index in [0.29, 0.717) is 6.61 Å². The predicted molar refractivity (Wildman–Crippen MR) is 108 cm³/mol. The lowest BCUT2D eigenvalue weighted by Gasteiger charge is -2.26. The molecule has 2 aromatic rings. The van der Waals surface area contributed by atoms with E-state index in [-0.39, 0.29) is 5.91 Å². The standard InChI is InChI=1S/C22H26N2O3/c1-17(25)23-20-5-9-22(10-6-20)27-16-15-24-13-11-19(12-14-24)18-3-7-21(26-2)8-4-18/h3-11H,12-16H2,1-2H3,(H,23,25). The fourth-order valence-electron chi connectivity index (χ4n) is 3.11. The third-order valence-corrected chi connectivity index (χ3v) is 4.60. The summed E-state index contributed by atoms with van der Waals surface area (Å²) in [5.41, 5.74) is 3.44. The molecule has 5 heteroatoms. The molecule has 2 aromatic carbocycles. The molecule has 5 nitrogen and oxygen atoms in total. The number of nitrogens with one attached hydrogen (secondary N) is 1. The summed E-state index contributed by atoms with van der Waals surface area (Å²) in [5.74, 6) is 1.63. The monoisotopic (exact) mass is 366 g/mol. The fraction of sp³-hybridized carbons (Fsp3) is 0.318. The first kappa shape index (κ1) is 19.0. The van der Waals surface area contributed by atoms with Crippen molar-refractivity contribution in [3.8, 4) is 11.5 Å². The van der Waals surface area contributed by atoms with Gasteiger partial charge in [-0.05, 0) is 54.0 Å². The maximum Gasteiger partial charge on any atom is 0.221 e. The average molecular weight is 366 g/mol. The molecule has 0 fully saturated rings. The van der Waals surface area contributed by atoms with E-state index < -0.39 is 0 Å². The number of methoxy groups -OCH3 is 1. The van der Waals surface area contributed by atoms with Crippen LogP contribution >= 0.6 is 0 Å². The van der Waals surface area contributed by atoms with Crippen molar-refractivity contribution in [1.29, 1.82) is 0 Å². The van der Waals surface area contributed by atoms with Crippen LogP contribution in [0.5, 0.6) is 11.5 Å². The van der Waals surface area contributed by atoms with Gasteiger partial charge >= 0.3 is 0 Å². The molecular weight excluding hydrogens is 340 g/mol. The zero-order valence-electron chi connectivity index (χ0n) is 15.9. The topological polar surface area (TPSA) is 50.8 Å². The number of carbonyl (C=O) groups is 1. The van der Waals surface area contributed by atoms with Gasteiger partial charge in [-0.2, -0.15) is 0 Å². The normalized spacial score (nSPS) is 14.4. The summed E-state index contributed by atoms with van der Waals surface area (Å²) in [4.78, 5) is 13.4. The van der Waals surface area contributed by atoms with Gasteiger partial charge in [-0.15, -0.1) is 0 Å². The molecule has 0 unspecified atom stereocenters. The van der Waals surface area contributed by atoms with Crippen molar-refractivity contribution >= 4 is 17.2 Å². The van der Waals surface area contributed by atoms with Crippen molar-refractivity contribution in [2.75, 3.05) is 38.7 Å². The highest BCUT2D eigenvalue weighted by Crippen LogP contribution is 2.24. The van der Waals surface area contributed by atoms with Gasteiger partial charge in [0.2, 0.25) is 5.91 Å². The molecule has 0 saturated heterocycles. The van der Waals surface area contributed by atoms with Crippen molar-refractivity contribution in [2.24, 2.45) is 0 Å². The Morgan fingerprint density at radius 2 is 1.78 bits per heavy atom. The molecule has 0 atom stereocenters. The zero-order chi connectivity index (χ0) is 19.1. The summed E-state index contributed by atoms with van der Waals surface area (Å²) in [7, 11) is 1.69. The summed E-state index contributed by atoms with van der Waals surface area (Å²) >= 11 is 0. The molecule has 142 valence electrons.